The zero-order valence-corrected chi connectivity index (χ0v) is 18.8. The van der Waals surface area contributed by atoms with Crippen LogP contribution in [0.25, 0.3) is 0 Å². The first-order chi connectivity index (χ1) is 12.9. The largest absolute Gasteiger partial charge is 0.468 e. The van der Waals surface area contributed by atoms with Crippen molar-refractivity contribution < 1.29 is 17.9 Å². The van der Waals surface area contributed by atoms with Crippen molar-refractivity contribution in [3.05, 3.63) is 46.3 Å². The van der Waals surface area contributed by atoms with Crippen molar-refractivity contribution in [2.24, 2.45) is 4.99 Å². The molecular weight excluding hydrogens is 504 g/mol. The number of nitrogens with one attached hydrogen (secondary N) is 2. The summed E-state index contributed by atoms with van der Waals surface area (Å²) < 4.78 is 41.9. The lowest BCUT2D eigenvalue weighted by atomic mass is 10.1. The first kappa shape index (κ1) is 24.5. The number of halogens is 4. The van der Waals surface area contributed by atoms with Crippen molar-refractivity contribution in [3.63, 3.8) is 0 Å². The van der Waals surface area contributed by atoms with E-state index in [2.05, 4.69) is 33.6 Å². The normalized spacial score (nSPS) is 12.8. The maximum atomic E-state index is 12.4. The topological polar surface area (TPSA) is 58.5 Å². The van der Waals surface area contributed by atoms with Crippen LogP contribution in [0, 0.1) is 0 Å². The van der Waals surface area contributed by atoms with Crippen LogP contribution in [0.4, 0.5) is 13.2 Å². The van der Waals surface area contributed by atoms with Crippen molar-refractivity contribution >= 4 is 41.3 Å². The Hall–Kier alpha value is -1.56. The molecule has 1 unspecified atom stereocenters. The Kier molecular flexibility index (Phi) is 10.6. The van der Waals surface area contributed by atoms with Gasteiger partial charge in [-0.15, -0.1) is 35.3 Å². The van der Waals surface area contributed by atoms with Crippen molar-refractivity contribution in [2.75, 3.05) is 19.7 Å². The SMILES string of the molecule is CCNC(=NCc1cccnc1OCC(F)(F)F)NCC(C)c1cccs1.I. The molecule has 0 fully saturated rings. The van der Waals surface area contributed by atoms with Crippen LogP contribution >= 0.6 is 35.3 Å². The molecular formula is C18H24F3IN4OS. The van der Waals surface area contributed by atoms with Gasteiger partial charge in [0.05, 0.1) is 6.54 Å². The highest BCUT2D eigenvalue weighted by Crippen LogP contribution is 2.21. The Morgan fingerprint density at radius 2 is 2.07 bits per heavy atom. The molecule has 0 aliphatic rings. The van der Waals surface area contributed by atoms with E-state index in [0.717, 1.165) is 0 Å². The van der Waals surface area contributed by atoms with Gasteiger partial charge in [0.1, 0.15) is 0 Å². The molecule has 0 bridgehead atoms. The zero-order valence-electron chi connectivity index (χ0n) is 15.6. The smallest absolute Gasteiger partial charge is 0.422 e. The number of nitrogens with zero attached hydrogens (tertiary/aromatic N) is 2. The second kappa shape index (κ2) is 12.1. The second-order valence-corrected chi connectivity index (χ2v) is 6.84. The average molecular weight is 528 g/mol. The zero-order chi connectivity index (χ0) is 19.7. The first-order valence-electron chi connectivity index (χ1n) is 8.58. The summed E-state index contributed by atoms with van der Waals surface area (Å²) in [6.45, 7) is 4.20. The maximum absolute atomic E-state index is 12.4. The van der Waals surface area contributed by atoms with Crippen LogP contribution in [0.1, 0.15) is 30.2 Å². The highest BCUT2D eigenvalue weighted by atomic mass is 127. The molecule has 0 amide bonds. The van der Waals surface area contributed by atoms with Crippen LogP contribution in [0.2, 0.25) is 0 Å². The van der Waals surface area contributed by atoms with Gasteiger partial charge in [-0.25, -0.2) is 9.98 Å². The van der Waals surface area contributed by atoms with Crippen molar-refractivity contribution in [1.29, 1.82) is 0 Å². The molecule has 0 aliphatic carbocycles. The minimum Gasteiger partial charge on any atom is -0.468 e. The van der Waals surface area contributed by atoms with Gasteiger partial charge in [-0.05, 0) is 24.4 Å². The second-order valence-electron chi connectivity index (χ2n) is 5.86. The molecule has 0 radical (unpaired) electrons. The predicted molar refractivity (Wildman–Crippen MR) is 117 cm³/mol. The van der Waals surface area contributed by atoms with Gasteiger partial charge in [0, 0.05) is 35.6 Å². The molecule has 0 saturated heterocycles. The molecule has 2 heterocycles. The van der Waals surface area contributed by atoms with Gasteiger partial charge in [0.15, 0.2) is 12.6 Å². The van der Waals surface area contributed by atoms with Gasteiger partial charge < -0.3 is 15.4 Å². The number of pyridine rings is 1. The van der Waals surface area contributed by atoms with Gasteiger partial charge >= 0.3 is 6.18 Å². The van der Waals surface area contributed by atoms with E-state index in [9.17, 15) is 13.2 Å². The van der Waals surface area contributed by atoms with Crippen molar-refractivity contribution in [2.45, 2.75) is 32.5 Å². The lowest BCUT2D eigenvalue weighted by Gasteiger charge is -2.15. The molecule has 2 aromatic rings. The number of aliphatic imine (C=N–C) groups is 1. The molecule has 28 heavy (non-hydrogen) atoms. The van der Waals surface area contributed by atoms with Gasteiger partial charge in [0.25, 0.3) is 0 Å². The van der Waals surface area contributed by atoms with Crippen molar-refractivity contribution in [3.8, 4) is 5.88 Å². The third-order valence-electron chi connectivity index (χ3n) is 3.58. The van der Waals surface area contributed by atoms with E-state index in [4.69, 9.17) is 4.74 Å². The molecule has 156 valence electrons. The van der Waals surface area contributed by atoms with E-state index in [1.807, 2.05) is 18.4 Å². The summed E-state index contributed by atoms with van der Waals surface area (Å²) in [6, 6.07) is 7.40. The fourth-order valence-corrected chi connectivity index (χ4v) is 3.04. The molecule has 0 aliphatic heterocycles. The Bertz CT molecular complexity index is 726. The number of hydrogen-bond donors (Lipinski definition) is 2. The third kappa shape index (κ3) is 8.63. The molecule has 0 spiro atoms. The van der Waals surface area contributed by atoms with Crippen LogP contribution in [0.15, 0.2) is 40.8 Å². The number of rotatable bonds is 8. The molecule has 0 aromatic carbocycles. The van der Waals surface area contributed by atoms with Crippen LogP contribution in [-0.4, -0.2) is 36.8 Å². The number of hydrogen-bond acceptors (Lipinski definition) is 4. The Morgan fingerprint density at radius 1 is 1.29 bits per heavy atom. The summed E-state index contributed by atoms with van der Waals surface area (Å²) in [5, 5.41) is 8.43. The molecule has 10 heteroatoms. The summed E-state index contributed by atoms with van der Waals surface area (Å²) in [7, 11) is 0. The average Bonchev–Trinajstić information content (AvgIpc) is 3.17. The summed E-state index contributed by atoms with van der Waals surface area (Å²) in [6.07, 6.45) is -3.02. The minimum absolute atomic E-state index is 0. The van der Waals surface area contributed by atoms with Gasteiger partial charge in [0.2, 0.25) is 5.88 Å². The number of guanidine groups is 1. The van der Waals surface area contributed by atoms with Gasteiger partial charge in [-0.1, -0.05) is 19.1 Å². The molecule has 5 nitrogen and oxygen atoms in total. The van der Waals surface area contributed by atoms with E-state index < -0.39 is 12.8 Å². The minimum atomic E-state index is -4.41. The van der Waals surface area contributed by atoms with E-state index in [1.165, 1.54) is 11.1 Å². The van der Waals surface area contributed by atoms with Crippen LogP contribution < -0.4 is 15.4 Å². The summed E-state index contributed by atoms with van der Waals surface area (Å²) in [4.78, 5) is 9.59. The van der Waals surface area contributed by atoms with Gasteiger partial charge in [-0.2, -0.15) is 13.2 Å². The Labute approximate surface area is 183 Å². The highest BCUT2D eigenvalue weighted by molar-refractivity contribution is 14.0. The Balaban J connectivity index is 0.00000392. The Morgan fingerprint density at radius 3 is 2.71 bits per heavy atom. The van der Waals surface area contributed by atoms with Crippen LogP contribution in [0.3, 0.4) is 0 Å². The lowest BCUT2D eigenvalue weighted by Crippen LogP contribution is -2.39. The maximum Gasteiger partial charge on any atom is 0.422 e. The molecule has 0 saturated carbocycles. The first-order valence-corrected chi connectivity index (χ1v) is 9.46. The lowest BCUT2D eigenvalue weighted by molar-refractivity contribution is -0.154. The predicted octanol–water partition coefficient (Wildman–Crippen LogP) is 4.56. The standard InChI is InChI=1S/C18H23F3N4OS.HI/c1-3-22-17(24-10-13(2)15-7-5-9-27-15)25-11-14-6-4-8-23-16(14)26-12-18(19,20)21;/h4-9,13H,3,10-12H2,1-2H3,(H2,22,24,25);1H. The van der Waals surface area contributed by atoms with Crippen LogP contribution in [-0.2, 0) is 6.54 Å². The quantitative estimate of drug-likeness (QED) is 0.300. The highest BCUT2D eigenvalue weighted by Gasteiger charge is 2.29. The number of thiophene rings is 1. The van der Waals surface area contributed by atoms with Gasteiger partial charge in [-0.3, -0.25) is 0 Å². The molecule has 2 aromatic heterocycles. The monoisotopic (exact) mass is 528 g/mol. The molecule has 2 N–H and O–H groups in total. The fourth-order valence-electron chi connectivity index (χ4n) is 2.25. The fraction of sp³-hybridized carbons (Fsp3) is 0.444. The summed E-state index contributed by atoms with van der Waals surface area (Å²) in [5.74, 6) is 0.853. The van der Waals surface area contributed by atoms with Crippen LogP contribution in [0.5, 0.6) is 5.88 Å². The number of alkyl halides is 3. The number of ether oxygens (including phenoxy) is 1. The van der Waals surface area contributed by atoms with E-state index in [0.29, 0.717) is 30.5 Å². The summed E-state index contributed by atoms with van der Waals surface area (Å²) >= 11 is 1.70. The van der Waals surface area contributed by atoms with E-state index in [1.54, 1.807) is 23.5 Å². The molecule has 2 rings (SSSR count). The van der Waals surface area contributed by atoms with E-state index in [-0.39, 0.29) is 36.4 Å². The third-order valence-corrected chi connectivity index (χ3v) is 4.68. The van der Waals surface area contributed by atoms with E-state index >= 15 is 0 Å². The summed E-state index contributed by atoms with van der Waals surface area (Å²) in [5.41, 5.74) is 0.491. The number of aromatic nitrogens is 1. The molecule has 1 atom stereocenters. The van der Waals surface area contributed by atoms with Crippen molar-refractivity contribution in [1.82, 2.24) is 15.6 Å².